The smallest absolute Gasteiger partial charge is 0.306 e. The second kappa shape index (κ2) is 6.65. The molecule has 0 aromatic carbocycles. The molecule has 19 heavy (non-hydrogen) atoms. The summed E-state index contributed by atoms with van der Waals surface area (Å²) in [7, 11) is 0. The van der Waals surface area contributed by atoms with Crippen molar-refractivity contribution < 1.29 is 14.4 Å². The van der Waals surface area contributed by atoms with E-state index >= 15 is 0 Å². The van der Waals surface area contributed by atoms with Crippen molar-refractivity contribution in [1.29, 1.82) is 0 Å². The highest BCUT2D eigenvalue weighted by Crippen LogP contribution is 2.28. The van der Waals surface area contributed by atoms with E-state index in [9.17, 15) is 4.79 Å². The lowest BCUT2D eigenvalue weighted by Crippen LogP contribution is -2.28. The van der Waals surface area contributed by atoms with Crippen LogP contribution in [0.3, 0.4) is 0 Å². The van der Waals surface area contributed by atoms with Crippen LogP contribution < -0.4 is 5.32 Å². The van der Waals surface area contributed by atoms with Crippen LogP contribution in [0.4, 0.5) is 0 Å². The minimum Gasteiger partial charge on any atom is -0.481 e. The number of aliphatic carboxylic acids is 1. The van der Waals surface area contributed by atoms with Crippen LogP contribution in [0.15, 0.2) is 4.52 Å². The molecular formula is C13H21N3O3. The first-order chi connectivity index (χ1) is 9.19. The van der Waals surface area contributed by atoms with Crippen molar-refractivity contribution in [3.63, 3.8) is 0 Å². The van der Waals surface area contributed by atoms with Gasteiger partial charge in [-0.15, -0.1) is 0 Å². The number of aryl methyl sites for hydroxylation is 1. The molecule has 0 bridgehead atoms. The minimum atomic E-state index is -0.648. The maximum absolute atomic E-state index is 10.8. The molecule has 0 aliphatic heterocycles. The Hall–Kier alpha value is -1.43. The molecule has 2 rings (SSSR count). The maximum atomic E-state index is 10.8. The normalized spacial score (nSPS) is 23.4. The molecule has 106 valence electrons. The molecule has 1 aromatic heterocycles. The van der Waals surface area contributed by atoms with Gasteiger partial charge in [-0.25, -0.2) is 0 Å². The number of rotatable bonds is 6. The van der Waals surface area contributed by atoms with Gasteiger partial charge < -0.3 is 14.9 Å². The predicted octanol–water partition coefficient (Wildman–Crippen LogP) is 1.61. The molecule has 1 heterocycles. The number of hydrogen-bond acceptors (Lipinski definition) is 5. The molecule has 0 saturated heterocycles. The first-order valence-electron chi connectivity index (χ1n) is 6.94. The van der Waals surface area contributed by atoms with Crippen LogP contribution in [0, 0.1) is 11.8 Å². The van der Waals surface area contributed by atoms with E-state index in [1.54, 1.807) is 0 Å². The fourth-order valence-electron chi connectivity index (χ4n) is 2.51. The van der Waals surface area contributed by atoms with Crippen molar-refractivity contribution >= 4 is 5.97 Å². The standard InChI is InChI=1S/C13H21N3O3/c1-2-12-15-11(16-19-12)8-14-7-9-3-5-10(6-4-9)13(17)18/h9-10,14H,2-8H2,1H3,(H,17,18). The van der Waals surface area contributed by atoms with Gasteiger partial charge in [0.1, 0.15) is 0 Å². The Morgan fingerprint density at radius 3 is 2.74 bits per heavy atom. The van der Waals surface area contributed by atoms with Gasteiger partial charge in [-0.05, 0) is 38.1 Å². The molecule has 0 atom stereocenters. The molecule has 6 heteroatoms. The summed E-state index contributed by atoms with van der Waals surface area (Å²) in [6, 6.07) is 0. The minimum absolute atomic E-state index is 0.138. The van der Waals surface area contributed by atoms with Crippen molar-refractivity contribution in [3.8, 4) is 0 Å². The van der Waals surface area contributed by atoms with E-state index in [1.165, 1.54) is 0 Å². The van der Waals surface area contributed by atoms with Crippen LogP contribution in [-0.2, 0) is 17.8 Å². The Bertz CT molecular complexity index is 411. The monoisotopic (exact) mass is 267 g/mol. The van der Waals surface area contributed by atoms with Gasteiger partial charge in [-0.3, -0.25) is 4.79 Å². The molecule has 1 aliphatic carbocycles. The number of aromatic nitrogens is 2. The average Bonchev–Trinajstić information content (AvgIpc) is 2.87. The van der Waals surface area contributed by atoms with Crippen molar-refractivity contribution in [2.75, 3.05) is 6.54 Å². The quantitative estimate of drug-likeness (QED) is 0.814. The molecule has 0 amide bonds. The Morgan fingerprint density at radius 2 is 2.16 bits per heavy atom. The van der Waals surface area contributed by atoms with Gasteiger partial charge in [0.05, 0.1) is 12.5 Å². The van der Waals surface area contributed by atoms with Crippen molar-refractivity contribution in [3.05, 3.63) is 11.7 Å². The third kappa shape index (κ3) is 4.02. The van der Waals surface area contributed by atoms with Gasteiger partial charge in [0.2, 0.25) is 5.89 Å². The van der Waals surface area contributed by atoms with Crippen LogP contribution in [0.5, 0.6) is 0 Å². The lowest BCUT2D eigenvalue weighted by molar-refractivity contribution is -0.143. The summed E-state index contributed by atoms with van der Waals surface area (Å²) in [6.45, 7) is 3.48. The number of carboxylic acid groups (broad SMARTS) is 1. The van der Waals surface area contributed by atoms with Crippen molar-refractivity contribution in [2.24, 2.45) is 11.8 Å². The van der Waals surface area contributed by atoms with Crippen molar-refractivity contribution in [2.45, 2.75) is 45.6 Å². The third-order valence-electron chi connectivity index (χ3n) is 3.72. The van der Waals surface area contributed by atoms with Crippen molar-refractivity contribution in [1.82, 2.24) is 15.5 Å². The van der Waals surface area contributed by atoms with E-state index in [4.69, 9.17) is 9.63 Å². The first-order valence-corrected chi connectivity index (χ1v) is 6.94. The molecule has 0 unspecified atom stereocenters. The fourth-order valence-corrected chi connectivity index (χ4v) is 2.51. The first kappa shape index (κ1) is 14.0. The Morgan fingerprint density at radius 1 is 1.42 bits per heavy atom. The summed E-state index contributed by atoms with van der Waals surface area (Å²) in [5.74, 6) is 1.13. The van der Waals surface area contributed by atoms with Gasteiger partial charge in [-0.1, -0.05) is 12.1 Å². The van der Waals surface area contributed by atoms with Gasteiger partial charge in [-0.2, -0.15) is 4.98 Å². The van der Waals surface area contributed by atoms with Crippen LogP contribution in [-0.4, -0.2) is 27.8 Å². The predicted molar refractivity (Wildman–Crippen MR) is 68.5 cm³/mol. The highest BCUT2D eigenvalue weighted by atomic mass is 16.5. The number of nitrogens with one attached hydrogen (secondary N) is 1. The number of hydrogen-bond donors (Lipinski definition) is 2. The highest BCUT2D eigenvalue weighted by molar-refractivity contribution is 5.69. The SMILES string of the molecule is CCc1nc(CNCC2CCC(C(=O)O)CC2)no1. The van der Waals surface area contributed by atoms with E-state index in [0.717, 1.165) is 38.6 Å². The van der Waals surface area contributed by atoms with E-state index in [-0.39, 0.29) is 5.92 Å². The lowest BCUT2D eigenvalue weighted by Gasteiger charge is -2.26. The molecule has 0 radical (unpaired) electrons. The van der Waals surface area contributed by atoms with E-state index in [1.807, 2.05) is 6.92 Å². The topological polar surface area (TPSA) is 88.2 Å². The summed E-state index contributed by atoms with van der Waals surface area (Å²) in [4.78, 5) is 15.1. The average molecular weight is 267 g/mol. The number of carboxylic acids is 1. The van der Waals surface area contributed by atoms with Crippen LogP contribution in [0.2, 0.25) is 0 Å². The zero-order valence-corrected chi connectivity index (χ0v) is 11.3. The van der Waals surface area contributed by atoms with Gasteiger partial charge in [0.15, 0.2) is 5.82 Å². The number of nitrogens with zero attached hydrogens (tertiary/aromatic N) is 2. The number of carbonyl (C=O) groups is 1. The Balaban J connectivity index is 1.65. The van der Waals surface area contributed by atoms with Crippen LogP contribution in [0.25, 0.3) is 0 Å². The summed E-state index contributed by atoms with van der Waals surface area (Å²) in [5, 5.41) is 16.1. The summed E-state index contributed by atoms with van der Waals surface area (Å²) in [5.41, 5.74) is 0. The third-order valence-corrected chi connectivity index (χ3v) is 3.72. The molecule has 1 saturated carbocycles. The lowest BCUT2D eigenvalue weighted by atomic mass is 9.82. The molecule has 1 fully saturated rings. The van der Waals surface area contributed by atoms with Crippen LogP contribution >= 0.6 is 0 Å². The molecule has 1 aromatic rings. The molecule has 6 nitrogen and oxygen atoms in total. The molecular weight excluding hydrogens is 246 g/mol. The maximum Gasteiger partial charge on any atom is 0.306 e. The molecule has 1 aliphatic rings. The second-order valence-corrected chi connectivity index (χ2v) is 5.14. The van der Waals surface area contributed by atoms with Gasteiger partial charge in [0.25, 0.3) is 0 Å². The zero-order chi connectivity index (χ0) is 13.7. The van der Waals surface area contributed by atoms with Gasteiger partial charge >= 0.3 is 5.97 Å². The molecule has 2 N–H and O–H groups in total. The van der Waals surface area contributed by atoms with E-state index in [0.29, 0.717) is 24.2 Å². The fraction of sp³-hybridized carbons (Fsp3) is 0.769. The summed E-state index contributed by atoms with van der Waals surface area (Å²) < 4.78 is 5.03. The van der Waals surface area contributed by atoms with E-state index in [2.05, 4.69) is 15.5 Å². The van der Waals surface area contributed by atoms with Gasteiger partial charge in [0, 0.05) is 6.42 Å². The zero-order valence-electron chi connectivity index (χ0n) is 11.3. The largest absolute Gasteiger partial charge is 0.481 e. The van der Waals surface area contributed by atoms with Crippen LogP contribution in [0.1, 0.15) is 44.3 Å². The Kier molecular flexibility index (Phi) is 4.90. The van der Waals surface area contributed by atoms with E-state index < -0.39 is 5.97 Å². The Labute approximate surface area is 112 Å². The second-order valence-electron chi connectivity index (χ2n) is 5.14. The highest BCUT2D eigenvalue weighted by Gasteiger charge is 2.25. The summed E-state index contributed by atoms with van der Waals surface area (Å²) >= 11 is 0. The molecule has 0 spiro atoms. The summed E-state index contributed by atoms with van der Waals surface area (Å²) in [6.07, 6.45) is 4.31.